The van der Waals surface area contributed by atoms with E-state index in [2.05, 4.69) is 4.99 Å². The number of nitrogens with zero attached hydrogens (tertiary/aromatic N) is 3. The largest absolute Gasteiger partial charge is 0.491 e. The van der Waals surface area contributed by atoms with E-state index in [1.807, 2.05) is 38.1 Å². The van der Waals surface area contributed by atoms with E-state index in [1.165, 1.54) is 22.0 Å². The van der Waals surface area contributed by atoms with Gasteiger partial charge in [0, 0.05) is 28.8 Å². The molecule has 42 heavy (non-hydrogen) atoms. The van der Waals surface area contributed by atoms with Crippen molar-refractivity contribution in [3.05, 3.63) is 113 Å². The van der Waals surface area contributed by atoms with E-state index >= 15 is 0 Å². The van der Waals surface area contributed by atoms with Crippen LogP contribution in [0.4, 0.5) is 5.69 Å². The number of hydrogen-bond acceptors (Lipinski definition) is 9. The maximum absolute atomic E-state index is 14.0. The molecule has 4 aromatic rings. The maximum Gasteiger partial charge on any atom is 0.338 e. The molecular weight excluding hydrogens is 558 g/mol. The minimum absolute atomic E-state index is 0.00624. The molecule has 216 valence electrons. The Balaban J connectivity index is 1.64. The molecule has 0 spiro atoms. The number of carbonyl (C=O) groups is 1. The van der Waals surface area contributed by atoms with E-state index in [4.69, 9.17) is 13.9 Å². The van der Waals surface area contributed by atoms with Gasteiger partial charge in [0.15, 0.2) is 4.80 Å². The number of thiazole rings is 1. The summed E-state index contributed by atoms with van der Waals surface area (Å²) in [4.78, 5) is 43.2. The fourth-order valence-corrected chi connectivity index (χ4v) is 5.85. The van der Waals surface area contributed by atoms with Crippen molar-refractivity contribution >= 4 is 29.1 Å². The van der Waals surface area contributed by atoms with Crippen LogP contribution in [-0.4, -0.2) is 28.2 Å². The predicted molar refractivity (Wildman–Crippen MR) is 158 cm³/mol. The van der Waals surface area contributed by atoms with Gasteiger partial charge in [-0.15, -0.1) is 0 Å². The summed E-state index contributed by atoms with van der Waals surface area (Å²) in [6.45, 7) is 9.10. The molecule has 0 saturated heterocycles. The van der Waals surface area contributed by atoms with Crippen molar-refractivity contribution in [3.63, 3.8) is 0 Å². The van der Waals surface area contributed by atoms with Gasteiger partial charge in [-0.2, -0.15) is 0 Å². The van der Waals surface area contributed by atoms with Crippen molar-refractivity contribution in [1.29, 1.82) is 0 Å². The van der Waals surface area contributed by atoms with Crippen LogP contribution >= 0.6 is 11.3 Å². The van der Waals surface area contributed by atoms with Crippen LogP contribution in [0, 0.1) is 17.0 Å². The Labute approximate surface area is 245 Å². The van der Waals surface area contributed by atoms with Crippen LogP contribution in [0.3, 0.4) is 0 Å². The molecule has 3 heterocycles. The van der Waals surface area contributed by atoms with Crippen molar-refractivity contribution in [3.8, 4) is 17.1 Å². The number of aromatic nitrogens is 1. The smallest absolute Gasteiger partial charge is 0.338 e. The molecule has 10 nitrogen and oxygen atoms in total. The number of nitro benzene ring substituents is 1. The zero-order valence-electron chi connectivity index (χ0n) is 23.7. The molecule has 0 aliphatic carbocycles. The first-order valence-corrected chi connectivity index (χ1v) is 14.2. The molecule has 1 aliphatic heterocycles. The summed E-state index contributed by atoms with van der Waals surface area (Å²) in [6, 6.07) is 14.7. The van der Waals surface area contributed by atoms with Gasteiger partial charge in [0.25, 0.3) is 11.2 Å². The highest BCUT2D eigenvalue weighted by atomic mass is 32.1. The van der Waals surface area contributed by atoms with E-state index in [0.29, 0.717) is 49.0 Å². The molecule has 2 aromatic carbocycles. The minimum Gasteiger partial charge on any atom is -0.491 e. The number of allylic oxidation sites excluding steroid dienone is 1. The third kappa shape index (κ3) is 5.42. The van der Waals surface area contributed by atoms with Crippen LogP contribution in [0.15, 0.2) is 80.1 Å². The summed E-state index contributed by atoms with van der Waals surface area (Å²) in [7, 11) is 0. The maximum atomic E-state index is 14.0. The van der Waals surface area contributed by atoms with Crippen molar-refractivity contribution in [2.45, 2.75) is 46.8 Å². The van der Waals surface area contributed by atoms with Gasteiger partial charge >= 0.3 is 5.97 Å². The molecule has 0 N–H and O–H groups in total. The molecule has 0 unspecified atom stereocenters. The second kappa shape index (κ2) is 11.6. The van der Waals surface area contributed by atoms with Crippen molar-refractivity contribution in [2.75, 3.05) is 6.61 Å². The number of furan rings is 1. The predicted octanol–water partition coefficient (Wildman–Crippen LogP) is 5.06. The summed E-state index contributed by atoms with van der Waals surface area (Å²) in [5, 5.41) is 11.4. The molecule has 0 amide bonds. The van der Waals surface area contributed by atoms with Gasteiger partial charge in [0.05, 0.1) is 33.4 Å². The lowest BCUT2D eigenvalue weighted by Gasteiger charge is -2.26. The van der Waals surface area contributed by atoms with Gasteiger partial charge in [-0.25, -0.2) is 9.79 Å². The molecule has 1 aliphatic rings. The summed E-state index contributed by atoms with van der Waals surface area (Å²) < 4.78 is 19.3. The zero-order valence-corrected chi connectivity index (χ0v) is 24.6. The molecule has 0 saturated carbocycles. The molecule has 2 aromatic heterocycles. The zero-order chi connectivity index (χ0) is 30.1. The second-order valence-corrected chi connectivity index (χ2v) is 11.0. The Morgan fingerprint density at radius 1 is 1.19 bits per heavy atom. The fraction of sp³-hybridized carbons (Fsp3) is 0.258. The van der Waals surface area contributed by atoms with Crippen LogP contribution in [0.2, 0.25) is 0 Å². The SMILES string of the molecule is CCOC(=O)C1=C(C)N=c2s/c(=C\c3ccc(-c4ccc(C)c([N+](=O)[O-])c4)o3)c(=O)n2[C@@H]1c1ccccc1OC(C)C. The molecule has 0 bridgehead atoms. The standard InChI is InChI=1S/C31H29N3O7S/c1-6-39-30(36)27-19(5)32-31-33(28(27)22-9-7-8-10-25(22)40-17(2)3)29(35)26(42-31)16-21-13-14-24(41-21)20-12-11-18(4)23(15-20)34(37)38/h7-17,28H,6H2,1-5H3/b26-16-/t28-/m1/s1. The van der Waals surface area contributed by atoms with Crippen LogP contribution in [0.5, 0.6) is 5.75 Å². The number of esters is 1. The molecule has 5 rings (SSSR count). The third-order valence-corrected chi connectivity index (χ3v) is 7.67. The summed E-state index contributed by atoms with van der Waals surface area (Å²) in [5.74, 6) is 0.807. The van der Waals surface area contributed by atoms with Gasteiger partial charge in [0.2, 0.25) is 0 Å². The highest BCUT2D eigenvalue weighted by Gasteiger charge is 2.35. The fourth-order valence-electron chi connectivity index (χ4n) is 4.83. The highest BCUT2D eigenvalue weighted by Crippen LogP contribution is 2.36. The first-order valence-electron chi connectivity index (χ1n) is 13.4. The monoisotopic (exact) mass is 587 g/mol. The Morgan fingerprint density at radius 2 is 1.95 bits per heavy atom. The summed E-state index contributed by atoms with van der Waals surface area (Å²) >= 11 is 1.17. The third-order valence-electron chi connectivity index (χ3n) is 6.68. The van der Waals surface area contributed by atoms with Crippen LogP contribution in [0.25, 0.3) is 17.4 Å². The molecule has 0 fully saturated rings. The molecule has 1 atom stereocenters. The van der Waals surface area contributed by atoms with Gasteiger partial charge in [0.1, 0.15) is 23.3 Å². The Kier molecular flexibility index (Phi) is 7.95. The normalized spacial score (nSPS) is 15.0. The Bertz CT molecular complexity index is 1910. The number of ether oxygens (including phenoxy) is 2. The number of aryl methyl sites for hydroxylation is 1. The number of rotatable bonds is 8. The van der Waals surface area contributed by atoms with Crippen LogP contribution < -0.4 is 19.6 Å². The average molecular weight is 588 g/mol. The van der Waals surface area contributed by atoms with Gasteiger partial charge in [-0.05, 0) is 52.8 Å². The average Bonchev–Trinajstić information content (AvgIpc) is 3.52. The first kappa shape index (κ1) is 28.7. The van der Waals surface area contributed by atoms with Gasteiger partial charge < -0.3 is 13.9 Å². The molecule has 11 heteroatoms. The molecule has 0 radical (unpaired) electrons. The highest BCUT2D eigenvalue weighted by molar-refractivity contribution is 7.07. The summed E-state index contributed by atoms with van der Waals surface area (Å²) in [5.41, 5.74) is 2.07. The second-order valence-electron chi connectivity index (χ2n) is 9.97. The Morgan fingerprint density at radius 3 is 2.67 bits per heavy atom. The lowest BCUT2D eigenvalue weighted by atomic mass is 9.95. The van der Waals surface area contributed by atoms with Crippen molar-refractivity contribution in [2.24, 2.45) is 4.99 Å². The lowest BCUT2D eigenvalue weighted by molar-refractivity contribution is -0.385. The van der Waals surface area contributed by atoms with E-state index in [0.717, 1.165) is 0 Å². The Hall–Kier alpha value is -4.77. The number of carbonyl (C=O) groups excluding carboxylic acids is 1. The van der Waals surface area contributed by atoms with E-state index in [9.17, 15) is 19.7 Å². The number of nitro groups is 1. The van der Waals surface area contributed by atoms with E-state index in [1.54, 1.807) is 51.1 Å². The van der Waals surface area contributed by atoms with Gasteiger partial charge in [-0.1, -0.05) is 41.7 Å². The number of para-hydroxylation sites is 1. The molecular formula is C31H29N3O7S. The van der Waals surface area contributed by atoms with Gasteiger partial charge in [-0.3, -0.25) is 19.5 Å². The van der Waals surface area contributed by atoms with Crippen molar-refractivity contribution < 1.29 is 23.6 Å². The van der Waals surface area contributed by atoms with E-state index in [-0.39, 0.29) is 29.5 Å². The summed E-state index contributed by atoms with van der Waals surface area (Å²) in [6.07, 6.45) is 1.47. The first-order chi connectivity index (χ1) is 20.1. The number of benzene rings is 2. The minimum atomic E-state index is -0.822. The van der Waals surface area contributed by atoms with Crippen molar-refractivity contribution in [1.82, 2.24) is 4.57 Å². The number of fused-ring (bicyclic) bond motifs is 1. The lowest BCUT2D eigenvalue weighted by Crippen LogP contribution is -2.40. The van der Waals surface area contributed by atoms with Crippen LogP contribution in [0.1, 0.15) is 50.6 Å². The van der Waals surface area contributed by atoms with E-state index < -0.39 is 16.9 Å². The topological polar surface area (TPSA) is 126 Å². The number of hydrogen-bond donors (Lipinski definition) is 0. The van der Waals surface area contributed by atoms with Crippen LogP contribution in [-0.2, 0) is 9.53 Å². The quantitative estimate of drug-likeness (QED) is 0.160.